The Morgan fingerprint density at radius 3 is 2.31 bits per heavy atom. The molecule has 14 nitrogen and oxygen atoms in total. The molecule has 0 unspecified atom stereocenters. The number of hydrogen-bond donors (Lipinski definition) is 6. The molecule has 0 bridgehead atoms. The van der Waals surface area contributed by atoms with Crippen molar-refractivity contribution >= 4 is 39.7 Å². The van der Waals surface area contributed by atoms with Crippen LogP contribution in [0.3, 0.4) is 0 Å². The third-order valence-corrected chi connectivity index (χ3v) is 3.95. The molecule has 36 heavy (non-hydrogen) atoms. The number of aryl methyl sites for hydroxylation is 1. The zero-order valence-corrected chi connectivity index (χ0v) is 20.1. The maximum atomic E-state index is 12.1. The van der Waals surface area contributed by atoms with Gasteiger partial charge >= 0.3 is 18.1 Å². The van der Waals surface area contributed by atoms with Gasteiger partial charge in [-0.3, -0.25) is 9.71 Å². The van der Waals surface area contributed by atoms with Crippen LogP contribution in [0.15, 0.2) is 34.4 Å². The van der Waals surface area contributed by atoms with Crippen molar-refractivity contribution in [3.63, 3.8) is 0 Å². The van der Waals surface area contributed by atoms with E-state index in [1.807, 2.05) is 0 Å². The predicted molar refractivity (Wildman–Crippen MR) is 125 cm³/mol. The summed E-state index contributed by atoms with van der Waals surface area (Å²) < 4.78 is 60.9. The second-order valence-corrected chi connectivity index (χ2v) is 8.39. The van der Waals surface area contributed by atoms with Gasteiger partial charge in [0.2, 0.25) is 16.0 Å². The Bertz CT molecular complexity index is 1050. The van der Waals surface area contributed by atoms with Crippen LogP contribution in [0.4, 0.5) is 19.0 Å². The number of alkyl halides is 3. The number of rotatable bonds is 10. The molecule has 0 saturated carbocycles. The van der Waals surface area contributed by atoms with Gasteiger partial charge < -0.3 is 26.6 Å². The number of sulfonamides is 1. The van der Waals surface area contributed by atoms with Gasteiger partial charge in [0, 0.05) is 38.4 Å². The number of anilines is 1. The van der Waals surface area contributed by atoms with E-state index in [9.17, 15) is 31.2 Å². The summed E-state index contributed by atoms with van der Waals surface area (Å²) in [7, 11) is -1.95. The zero-order valence-electron chi connectivity index (χ0n) is 19.3. The number of aromatic nitrogens is 2. The second-order valence-electron chi connectivity index (χ2n) is 6.64. The van der Waals surface area contributed by atoms with Crippen molar-refractivity contribution in [2.45, 2.75) is 25.4 Å². The van der Waals surface area contributed by atoms with Crippen LogP contribution in [0.2, 0.25) is 0 Å². The molecule has 0 radical (unpaired) electrons. The highest BCUT2D eigenvalue weighted by Gasteiger charge is 2.26. The normalized spacial score (nSPS) is 12.5. The van der Waals surface area contributed by atoms with Crippen molar-refractivity contribution in [2.75, 3.05) is 31.7 Å². The average Bonchev–Trinajstić information content (AvgIpc) is 2.74. The number of nitrogens with zero attached hydrogens (tertiary/aromatic N) is 4. The van der Waals surface area contributed by atoms with E-state index < -0.39 is 40.6 Å². The topological polar surface area (TPSA) is 221 Å². The molecule has 0 saturated heterocycles. The van der Waals surface area contributed by atoms with E-state index >= 15 is 0 Å². The van der Waals surface area contributed by atoms with Crippen LogP contribution in [0.25, 0.3) is 0 Å². The molecule has 0 atom stereocenters. The van der Waals surface area contributed by atoms with Gasteiger partial charge in [-0.15, -0.1) is 0 Å². The van der Waals surface area contributed by atoms with Gasteiger partial charge in [0.1, 0.15) is 18.2 Å². The minimum absolute atomic E-state index is 0.151. The number of carbonyl (C=O) groups is 2. The fourth-order valence-corrected chi connectivity index (χ4v) is 2.54. The maximum absolute atomic E-state index is 12.1. The number of aliphatic carboxylic acids is 2. The van der Waals surface area contributed by atoms with E-state index in [0.29, 0.717) is 43.8 Å². The van der Waals surface area contributed by atoms with Crippen LogP contribution in [0.1, 0.15) is 18.7 Å². The Labute approximate surface area is 204 Å². The molecule has 0 fully saturated rings. The lowest BCUT2D eigenvalue weighted by atomic mass is 10.2. The Hall–Kier alpha value is -3.96. The van der Waals surface area contributed by atoms with E-state index in [0.717, 1.165) is 6.26 Å². The number of guanidine groups is 2. The first-order valence-electron chi connectivity index (χ1n) is 9.89. The van der Waals surface area contributed by atoms with Gasteiger partial charge in [-0.05, 0) is 18.9 Å². The summed E-state index contributed by atoms with van der Waals surface area (Å²) in [4.78, 5) is 34.3. The van der Waals surface area contributed by atoms with Crippen LogP contribution in [-0.2, 0) is 26.0 Å². The summed E-state index contributed by atoms with van der Waals surface area (Å²) in [6.07, 6.45) is 1.04. The lowest BCUT2D eigenvalue weighted by molar-refractivity contribution is -0.134. The molecule has 1 aromatic rings. The van der Waals surface area contributed by atoms with Gasteiger partial charge in [0.25, 0.3) is 0 Å². The molecule has 1 heterocycles. The standard InChI is InChI=1S/C14H23F3N8O2S.C4H4O4/c1-19-13(25-28(2,26)27)21-7-4-3-5-10-20-8-6-11(23-10)24-12(18)22-9-14(15,16)17;5-3(6)1-2-4(7)8/h6,8H,3-5,7,9H2,1-2H3,(H2,19,21,25)(H3,18,20,22,23,24);1-2H,(H,5,6)(H,7,8)/b;2-1-. The van der Waals surface area contributed by atoms with Crippen molar-refractivity contribution < 1.29 is 41.4 Å². The summed E-state index contributed by atoms with van der Waals surface area (Å²) in [5.74, 6) is -2.04. The van der Waals surface area contributed by atoms with Crippen molar-refractivity contribution in [1.82, 2.24) is 20.0 Å². The van der Waals surface area contributed by atoms with E-state index in [2.05, 4.69) is 35.3 Å². The maximum Gasteiger partial charge on any atom is 0.408 e. The van der Waals surface area contributed by atoms with E-state index in [-0.39, 0.29) is 11.8 Å². The summed E-state index contributed by atoms with van der Waals surface area (Å²) in [6, 6.07) is 1.46. The fraction of sp³-hybridized carbons (Fsp3) is 0.444. The minimum atomic E-state index is -4.43. The molecule has 0 spiro atoms. The number of nitrogens with two attached hydrogens (primary N) is 1. The molecule has 1 aromatic heterocycles. The third-order valence-electron chi connectivity index (χ3n) is 3.38. The largest absolute Gasteiger partial charge is 0.478 e. The molecular formula is C18H27F3N8O6S. The first-order chi connectivity index (χ1) is 16.6. The van der Waals surface area contributed by atoms with Gasteiger partial charge in [0.05, 0.1) is 6.26 Å². The van der Waals surface area contributed by atoms with E-state index in [1.165, 1.54) is 19.3 Å². The Kier molecular flexibility index (Phi) is 14.1. The zero-order chi connectivity index (χ0) is 27.8. The molecule has 1 rings (SSSR count). The first kappa shape index (κ1) is 32.0. The molecule has 0 amide bonds. The smallest absolute Gasteiger partial charge is 0.408 e. The Morgan fingerprint density at radius 2 is 1.81 bits per heavy atom. The predicted octanol–water partition coefficient (Wildman–Crippen LogP) is -0.0754. The molecule has 0 aliphatic heterocycles. The van der Waals surface area contributed by atoms with Crippen LogP contribution in [0.5, 0.6) is 0 Å². The number of nitrogens with one attached hydrogen (secondary N) is 3. The third kappa shape index (κ3) is 19.5. The number of unbranched alkanes of at least 4 members (excludes halogenated alkanes) is 1. The van der Waals surface area contributed by atoms with Gasteiger partial charge in [0.15, 0.2) is 5.96 Å². The SMILES string of the molecule is C/N=C(\NCCCCc1nccc(N/C(N)=N\CC(F)(F)F)n1)NS(C)(=O)=O.O=C(O)/C=C\C(=O)O. The number of halogens is 3. The molecular weight excluding hydrogens is 513 g/mol. The van der Waals surface area contributed by atoms with Crippen LogP contribution < -0.4 is 21.1 Å². The number of carboxylic acids is 2. The lowest BCUT2D eigenvalue weighted by Crippen LogP contribution is -2.40. The Morgan fingerprint density at radius 1 is 1.19 bits per heavy atom. The summed E-state index contributed by atoms with van der Waals surface area (Å²) in [5, 5.41) is 21.0. The number of aliphatic imine (C=N–C) groups is 2. The van der Waals surface area contributed by atoms with Gasteiger partial charge in [-0.2, -0.15) is 13.2 Å². The minimum Gasteiger partial charge on any atom is -0.478 e. The molecule has 0 aromatic carbocycles. The van der Waals surface area contributed by atoms with Crippen molar-refractivity contribution in [2.24, 2.45) is 15.7 Å². The summed E-state index contributed by atoms with van der Waals surface area (Å²) in [6.45, 7) is -0.905. The highest BCUT2D eigenvalue weighted by Crippen LogP contribution is 2.14. The summed E-state index contributed by atoms with van der Waals surface area (Å²) in [5.41, 5.74) is 5.40. The lowest BCUT2D eigenvalue weighted by Gasteiger charge is -2.10. The molecule has 18 heteroatoms. The van der Waals surface area contributed by atoms with Gasteiger partial charge in [-0.1, -0.05) is 0 Å². The summed E-state index contributed by atoms with van der Waals surface area (Å²) >= 11 is 0. The molecule has 0 aliphatic rings. The van der Waals surface area contributed by atoms with Crippen molar-refractivity contribution in [1.29, 1.82) is 0 Å². The average molecular weight is 541 g/mol. The second kappa shape index (κ2) is 15.8. The monoisotopic (exact) mass is 540 g/mol. The van der Waals surface area contributed by atoms with E-state index in [1.54, 1.807) is 0 Å². The van der Waals surface area contributed by atoms with Crippen LogP contribution >= 0.6 is 0 Å². The number of carboxylic acid groups (broad SMARTS) is 2. The Balaban J connectivity index is 0.00000131. The highest BCUT2D eigenvalue weighted by molar-refractivity contribution is 7.89. The van der Waals surface area contributed by atoms with Crippen LogP contribution in [0, 0.1) is 0 Å². The van der Waals surface area contributed by atoms with Crippen molar-refractivity contribution in [3.8, 4) is 0 Å². The molecule has 0 aliphatic carbocycles. The fourth-order valence-electron chi connectivity index (χ4n) is 2.03. The van der Waals surface area contributed by atoms with Gasteiger partial charge in [-0.25, -0.2) is 33.0 Å². The van der Waals surface area contributed by atoms with E-state index in [4.69, 9.17) is 15.9 Å². The van der Waals surface area contributed by atoms with Crippen molar-refractivity contribution in [3.05, 3.63) is 30.2 Å². The quantitative estimate of drug-likeness (QED) is 0.0997. The highest BCUT2D eigenvalue weighted by atomic mass is 32.2. The molecule has 7 N–H and O–H groups in total. The van der Waals surface area contributed by atoms with Crippen LogP contribution in [-0.4, -0.2) is 85.0 Å². The molecule has 202 valence electrons. The number of hydrogen-bond acceptors (Lipinski definition) is 8. The first-order valence-corrected chi connectivity index (χ1v) is 11.8.